The van der Waals surface area contributed by atoms with Gasteiger partial charge in [-0.3, -0.25) is 13.8 Å². The highest BCUT2D eigenvalue weighted by Crippen LogP contribution is 2.43. The number of rotatable bonds is 1. The van der Waals surface area contributed by atoms with Crippen LogP contribution in [0.2, 0.25) is 0 Å². The van der Waals surface area contributed by atoms with E-state index in [0.29, 0.717) is 4.90 Å². The maximum atomic E-state index is 9.09. The van der Waals surface area contributed by atoms with Gasteiger partial charge in [0, 0.05) is 19.5 Å². The number of aromatic nitrogens is 2. The van der Waals surface area contributed by atoms with Crippen LogP contribution >= 0.6 is 10.6 Å². The largest absolute Gasteiger partial charge is 0.295 e. The Morgan fingerprint density at radius 1 is 1.60 bits per heavy atom. The van der Waals surface area contributed by atoms with Crippen LogP contribution in [-0.2, 0) is 7.05 Å². The molecule has 0 aliphatic carbocycles. The van der Waals surface area contributed by atoms with Gasteiger partial charge < -0.3 is 0 Å². The molecule has 0 saturated heterocycles. The molecule has 0 atom stereocenters. The molecule has 0 aliphatic heterocycles. The topological polar surface area (TPSA) is 58.3 Å². The third-order valence-electron chi connectivity index (χ3n) is 1.13. The Labute approximate surface area is 60.8 Å². The van der Waals surface area contributed by atoms with Crippen LogP contribution in [0.15, 0.2) is 17.3 Å². The summed E-state index contributed by atoms with van der Waals surface area (Å²) in [5, 5.41) is 3.80. The van der Waals surface area contributed by atoms with E-state index < -0.39 is 10.6 Å². The number of aryl methyl sites for hydroxylation is 1. The zero-order chi connectivity index (χ0) is 7.78. The lowest BCUT2D eigenvalue weighted by molar-refractivity contribution is 0.495. The molecule has 0 saturated carbocycles. The van der Waals surface area contributed by atoms with Crippen LogP contribution in [0, 0.1) is 0 Å². The van der Waals surface area contributed by atoms with E-state index >= 15 is 0 Å². The summed E-state index contributed by atoms with van der Waals surface area (Å²) in [5.41, 5.74) is 0. The van der Waals surface area contributed by atoms with Crippen molar-refractivity contribution in [1.29, 1.82) is 0 Å². The smallest absolute Gasteiger partial charge is 0.0959 e. The summed E-state index contributed by atoms with van der Waals surface area (Å²) in [4.78, 5) is 0.481. The maximum Gasteiger partial charge on any atom is 0.0959 e. The lowest BCUT2D eigenvalue weighted by Gasteiger charge is -2.24. The molecule has 0 unspecified atom stereocenters. The van der Waals surface area contributed by atoms with E-state index in [1.54, 1.807) is 13.2 Å². The minimum absolute atomic E-state index is 0.481. The number of hydrogen-bond acceptors (Lipinski definition) is 3. The summed E-state index contributed by atoms with van der Waals surface area (Å²) < 4.78 is 19.7. The van der Waals surface area contributed by atoms with Gasteiger partial charge in [0.15, 0.2) is 0 Å². The van der Waals surface area contributed by atoms with Crippen LogP contribution in [0.5, 0.6) is 0 Å². The fourth-order valence-corrected chi connectivity index (χ4v) is 1.20. The molecule has 0 bridgehead atoms. The van der Waals surface area contributed by atoms with Crippen molar-refractivity contribution in [2.24, 2.45) is 7.05 Å². The molecule has 0 radical (unpaired) electrons. The van der Waals surface area contributed by atoms with Crippen molar-refractivity contribution < 1.29 is 9.11 Å². The van der Waals surface area contributed by atoms with Crippen molar-refractivity contribution in [3.8, 4) is 0 Å². The molecular formula is C5H10N2O2S. The molecule has 0 aromatic carbocycles. The average Bonchev–Trinajstić information content (AvgIpc) is 2.11. The summed E-state index contributed by atoms with van der Waals surface area (Å²) in [6.45, 7) is 0. The maximum absolute atomic E-state index is 9.09. The Hall–Kier alpha value is -0.520. The predicted octanol–water partition coefficient (Wildman–Crippen LogP) is 1.16. The summed E-state index contributed by atoms with van der Waals surface area (Å²) in [6, 6.07) is 0. The summed E-state index contributed by atoms with van der Waals surface area (Å²) in [5.74, 6) is 0. The minimum atomic E-state index is -2.57. The van der Waals surface area contributed by atoms with E-state index in [0.717, 1.165) is 0 Å². The SMILES string of the molecule is Cn1cc(S(C)(O)O)cn1. The van der Waals surface area contributed by atoms with E-state index in [2.05, 4.69) is 5.10 Å². The predicted molar refractivity (Wildman–Crippen MR) is 40.2 cm³/mol. The van der Waals surface area contributed by atoms with Crippen LogP contribution in [-0.4, -0.2) is 25.1 Å². The zero-order valence-corrected chi connectivity index (χ0v) is 6.67. The lowest BCUT2D eigenvalue weighted by atomic mass is 10.7. The van der Waals surface area contributed by atoms with Crippen molar-refractivity contribution in [1.82, 2.24) is 9.78 Å². The molecular weight excluding hydrogens is 152 g/mol. The zero-order valence-electron chi connectivity index (χ0n) is 5.85. The molecule has 58 valence electrons. The highest BCUT2D eigenvalue weighted by molar-refractivity contribution is 8.23. The Bertz CT molecular complexity index is 228. The molecule has 4 nitrogen and oxygen atoms in total. The third kappa shape index (κ3) is 1.50. The Morgan fingerprint density at radius 2 is 2.20 bits per heavy atom. The first kappa shape index (κ1) is 7.59. The first-order valence-corrected chi connectivity index (χ1v) is 4.67. The molecule has 1 heterocycles. The van der Waals surface area contributed by atoms with Crippen molar-refractivity contribution in [3.05, 3.63) is 12.4 Å². The van der Waals surface area contributed by atoms with Gasteiger partial charge in [-0.2, -0.15) is 15.7 Å². The van der Waals surface area contributed by atoms with Gasteiger partial charge in [-0.05, 0) is 0 Å². The van der Waals surface area contributed by atoms with Gasteiger partial charge in [-0.1, -0.05) is 0 Å². The Kier molecular flexibility index (Phi) is 1.72. The van der Waals surface area contributed by atoms with Crippen LogP contribution in [0.4, 0.5) is 0 Å². The van der Waals surface area contributed by atoms with Gasteiger partial charge >= 0.3 is 0 Å². The quantitative estimate of drug-likeness (QED) is 0.651. The normalized spacial score (nSPS) is 13.6. The van der Waals surface area contributed by atoms with Gasteiger partial charge in [-0.25, -0.2) is 0 Å². The second-order valence-electron chi connectivity index (χ2n) is 2.18. The third-order valence-corrected chi connectivity index (χ3v) is 2.23. The van der Waals surface area contributed by atoms with Crippen molar-refractivity contribution >= 4 is 10.6 Å². The van der Waals surface area contributed by atoms with Crippen molar-refractivity contribution in [2.45, 2.75) is 4.90 Å². The molecule has 1 aromatic heterocycles. The second kappa shape index (κ2) is 2.26. The van der Waals surface area contributed by atoms with Gasteiger partial charge in [-0.15, -0.1) is 0 Å². The van der Waals surface area contributed by atoms with Gasteiger partial charge in [0.25, 0.3) is 0 Å². The van der Waals surface area contributed by atoms with Crippen molar-refractivity contribution in [3.63, 3.8) is 0 Å². The van der Waals surface area contributed by atoms with Gasteiger partial charge in [0.05, 0.1) is 11.1 Å². The average molecular weight is 162 g/mol. The van der Waals surface area contributed by atoms with E-state index in [1.165, 1.54) is 17.1 Å². The molecule has 2 N–H and O–H groups in total. The molecule has 0 fully saturated rings. The molecule has 0 aliphatic rings. The summed E-state index contributed by atoms with van der Waals surface area (Å²) in [6.07, 6.45) is 4.43. The van der Waals surface area contributed by atoms with Crippen LogP contribution < -0.4 is 0 Å². The second-order valence-corrected chi connectivity index (χ2v) is 4.32. The van der Waals surface area contributed by atoms with E-state index in [-0.39, 0.29) is 0 Å². The Morgan fingerprint density at radius 3 is 2.40 bits per heavy atom. The van der Waals surface area contributed by atoms with E-state index in [4.69, 9.17) is 9.11 Å². The molecule has 1 rings (SSSR count). The molecule has 0 spiro atoms. The fourth-order valence-electron chi connectivity index (χ4n) is 0.598. The van der Waals surface area contributed by atoms with Crippen LogP contribution in [0.25, 0.3) is 0 Å². The van der Waals surface area contributed by atoms with Gasteiger partial charge in [0.1, 0.15) is 0 Å². The monoisotopic (exact) mass is 162 g/mol. The summed E-state index contributed by atoms with van der Waals surface area (Å²) in [7, 11) is -0.834. The number of hydrogen-bond donors (Lipinski definition) is 2. The first-order valence-electron chi connectivity index (χ1n) is 2.72. The van der Waals surface area contributed by atoms with Gasteiger partial charge in [0.2, 0.25) is 0 Å². The number of nitrogens with zero attached hydrogens (tertiary/aromatic N) is 2. The molecule has 1 aromatic rings. The first-order chi connectivity index (χ1) is 4.50. The standard InChI is InChI=1S/C5H10N2O2S/c1-7-4-5(3-6-7)10(2,8)9/h3-4,8-9H,1-2H3. The van der Waals surface area contributed by atoms with Crippen LogP contribution in [0.3, 0.4) is 0 Å². The molecule has 10 heavy (non-hydrogen) atoms. The lowest BCUT2D eigenvalue weighted by Crippen LogP contribution is -1.92. The fraction of sp³-hybridized carbons (Fsp3) is 0.400. The minimum Gasteiger partial charge on any atom is -0.295 e. The highest BCUT2D eigenvalue weighted by Gasteiger charge is 2.09. The van der Waals surface area contributed by atoms with E-state index in [9.17, 15) is 0 Å². The molecule has 5 heteroatoms. The van der Waals surface area contributed by atoms with Crippen LogP contribution in [0.1, 0.15) is 0 Å². The molecule has 0 amide bonds. The summed E-state index contributed by atoms with van der Waals surface area (Å²) >= 11 is 0. The highest BCUT2D eigenvalue weighted by atomic mass is 32.3. The van der Waals surface area contributed by atoms with Crippen molar-refractivity contribution in [2.75, 3.05) is 6.26 Å². The Balaban J connectivity index is 2.96. The van der Waals surface area contributed by atoms with E-state index in [1.807, 2.05) is 0 Å².